The summed E-state index contributed by atoms with van der Waals surface area (Å²) in [4.78, 5) is 3.90. The molecule has 20 heavy (non-hydrogen) atoms. The van der Waals surface area contributed by atoms with Crippen molar-refractivity contribution in [3.8, 4) is 0 Å². The van der Waals surface area contributed by atoms with Crippen LogP contribution in [0.1, 0.15) is 22.9 Å². The molecule has 0 bridgehead atoms. The standard InChI is InChI=1S/C13H8BrF4NO/c14-8-2-4-11(19-6-8)12(20)7-1-3-10(15)9(5-7)13(16,17)18/h1-6,12,20H. The molecule has 0 spiro atoms. The van der Waals surface area contributed by atoms with Crippen LogP contribution in [0.3, 0.4) is 0 Å². The molecule has 0 saturated heterocycles. The summed E-state index contributed by atoms with van der Waals surface area (Å²) >= 11 is 3.16. The van der Waals surface area contributed by atoms with Crippen LogP contribution in [-0.2, 0) is 6.18 Å². The average molecular weight is 350 g/mol. The number of aliphatic hydroxyl groups is 1. The van der Waals surface area contributed by atoms with Gasteiger partial charge in [-0.3, -0.25) is 4.98 Å². The van der Waals surface area contributed by atoms with Crippen LogP contribution in [0, 0.1) is 5.82 Å². The van der Waals surface area contributed by atoms with E-state index in [-0.39, 0.29) is 11.3 Å². The van der Waals surface area contributed by atoms with Gasteiger partial charge in [0.25, 0.3) is 0 Å². The largest absolute Gasteiger partial charge is 0.419 e. The molecule has 0 fully saturated rings. The highest BCUT2D eigenvalue weighted by Crippen LogP contribution is 2.33. The number of benzene rings is 1. The van der Waals surface area contributed by atoms with Crippen molar-refractivity contribution in [1.29, 1.82) is 0 Å². The third-order valence-electron chi connectivity index (χ3n) is 2.64. The molecule has 0 radical (unpaired) electrons. The predicted molar refractivity (Wildman–Crippen MR) is 67.4 cm³/mol. The molecule has 2 aromatic rings. The maximum atomic E-state index is 13.2. The van der Waals surface area contributed by atoms with Gasteiger partial charge in [0, 0.05) is 10.7 Å². The van der Waals surface area contributed by atoms with Crippen LogP contribution in [0.15, 0.2) is 41.0 Å². The summed E-state index contributed by atoms with van der Waals surface area (Å²) in [5, 5.41) is 10.00. The molecule has 106 valence electrons. The molecule has 0 aliphatic carbocycles. The van der Waals surface area contributed by atoms with Crippen molar-refractivity contribution in [1.82, 2.24) is 4.98 Å². The molecule has 1 unspecified atom stereocenters. The van der Waals surface area contributed by atoms with Crippen LogP contribution >= 0.6 is 15.9 Å². The van der Waals surface area contributed by atoms with Crippen molar-refractivity contribution in [2.24, 2.45) is 0 Å². The van der Waals surface area contributed by atoms with Gasteiger partial charge in [-0.1, -0.05) is 6.07 Å². The zero-order valence-corrected chi connectivity index (χ0v) is 11.4. The monoisotopic (exact) mass is 349 g/mol. The van der Waals surface area contributed by atoms with E-state index in [0.717, 1.165) is 6.07 Å². The van der Waals surface area contributed by atoms with E-state index >= 15 is 0 Å². The lowest BCUT2D eigenvalue weighted by molar-refractivity contribution is -0.140. The fraction of sp³-hybridized carbons (Fsp3) is 0.154. The molecule has 0 amide bonds. The first-order valence-corrected chi connectivity index (χ1v) is 6.24. The molecular weight excluding hydrogens is 342 g/mol. The van der Waals surface area contributed by atoms with E-state index < -0.39 is 23.7 Å². The van der Waals surface area contributed by atoms with Gasteiger partial charge in [-0.25, -0.2) is 4.39 Å². The molecule has 7 heteroatoms. The Labute approximate surface area is 120 Å². The van der Waals surface area contributed by atoms with Crippen molar-refractivity contribution in [2.45, 2.75) is 12.3 Å². The second-order valence-electron chi connectivity index (χ2n) is 4.04. The van der Waals surface area contributed by atoms with E-state index in [9.17, 15) is 22.7 Å². The number of nitrogens with zero attached hydrogens (tertiary/aromatic N) is 1. The molecule has 1 heterocycles. The molecule has 1 aromatic heterocycles. The Balaban J connectivity index is 2.40. The number of aromatic nitrogens is 1. The van der Waals surface area contributed by atoms with Gasteiger partial charge in [0.15, 0.2) is 0 Å². The van der Waals surface area contributed by atoms with Crippen LogP contribution in [0.25, 0.3) is 0 Å². The summed E-state index contributed by atoms with van der Waals surface area (Å²) in [6, 6.07) is 5.42. The quantitative estimate of drug-likeness (QED) is 0.828. The van der Waals surface area contributed by atoms with Crippen LogP contribution in [-0.4, -0.2) is 10.1 Å². The molecule has 2 rings (SSSR count). The highest BCUT2D eigenvalue weighted by molar-refractivity contribution is 9.10. The molecule has 1 aromatic carbocycles. The predicted octanol–water partition coefficient (Wildman–Crippen LogP) is 4.08. The number of hydrogen-bond donors (Lipinski definition) is 1. The third kappa shape index (κ3) is 3.16. The van der Waals surface area contributed by atoms with Crippen molar-refractivity contribution in [2.75, 3.05) is 0 Å². The van der Waals surface area contributed by atoms with Crippen LogP contribution in [0.4, 0.5) is 17.6 Å². The highest BCUT2D eigenvalue weighted by Gasteiger charge is 2.34. The van der Waals surface area contributed by atoms with Gasteiger partial charge in [0.2, 0.25) is 0 Å². The number of alkyl halides is 3. The topological polar surface area (TPSA) is 33.1 Å². The van der Waals surface area contributed by atoms with E-state index in [1.807, 2.05) is 0 Å². The number of rotatable bonds is 2. The Morgan fingerprint density at radius 2 is 1.85 bits per heavy atom. The number of hydrogen-bond acceptors (Lipinski definition) is 2. The zero-order chi connectivity index (χ0) is 14.9. The normalized spacial score (nSPS) is 13.3. The number of pyridine rings is 1. The lowest BCUT2D eigenvalue weighted by Gasteiger charge is -2.14. The number of aliphatic hydroxyl groups excluding tert-OH is 1. The van der Waals surface area contributed by atoms with Crippen molar-refractivity contribution in [3.05, 3.63) is 63.6 Å². The summed E-state index contributed by atoms with van der Waals surface area (Å²) < 4.78 is 51.6. The average Bonchev–Trinajstić information content (AvgIpc) is 2.38. The highest BCUT2D eigenvalue weighted by atomic mass is 79.9. The molecule has 1 atom stereocenters. The third-order valence-corrected chi connectivity index (χ3v) is 3.11. The summed E-state index contributed by atoms with van der Waals surface area (Å²) in [6.45, 7) is 0. The Bertz CT molecular complexity index is 613. The lowest BCUT2D eigenvalue weighted by Crippen LogP contribution is -2.10. The van der Waals surface area contributed by atoms with Crippen molar-refractivity contribution < 1.29 is 22.7 Å². The van der Waals surface area contributed by atoms with E-state index in [2.05, 4.69) is 20.9 Å². The van der Waals surface area contributed by atoms with E-state index in [4.69, 9.17) is 0 Å². The van der Waals surface area contributed by atoms with Crippen molar-refractivity contribution >= 4 is 15.9 Å². The Hall–Kier alpha value is -1.47. The molecule has 1 N–H and O–H groups in total. The van der Waals surface area contributed by atoms with Gasteiger partial charge in [-0.15, -0.1) is 0 Å². The van der Waals surface area contributed by atoms with Crippen LogP contribution in [0.2, 0.25) is 0 Å². The Kier molecular flexibility index (Phi) is 4.10. The maximum absolute atomic E-state index is 13.2. The second-order valence-corrected chi connectivity index (χ2v) is 4.96. The fourth-order valence-electron chi connectivity index (χ4n) is 1.65. The SMILES string of the molecule is OC(c1ccc(F)c(C(F)(F)F)c1)c1ccc(Br)cn1. The van der Waals surface area contributed by atoms with Gasteiger partial charge in [0.1, 0.15) is 11.9 Å². The first-order valence-electron chi connectivity index (χ1n) is 5.45. The number of halogens is 5. The minimum atomic E-state index is -4.81. The summed E-state index contributed by atoms with van der Waals surface area (Å²) in [6.07, 6.45) is -4.76. The first-order chi connectivity index (χ1) is 9.29. The fourth-order valence-corrected chi connectivity index (χ4v) is 1.88. The van der Waals surface area contributed by atoms with Gasteiger partial charge in [0.05, 0.1) is 11.3 Å². The summed E-state index contributed by atoms with van der Waals surface area (Å²) in [7, 11) is 0. The van der Waals surface area contributed by atoms with E-state index in [1.54, 1.807) is 6.07 Å². The first kappa shape index (κ1) is 14.9. The van der Waals surface area contributed by atoms with E-state index in [0.29, 0.717) is 16.6 Å². The molecular formula is C13H8BrF4NO. The maximum Gasteiger partial charge on any atom is 0.419 e. The molecule has 0 aliphatic heterocycles. The molecule has 2 nitrogen and oxygen atoms in total. The second kappa shape index (κ2) is 5.49. The van der Waals surface area contributed by atoms with Gasteiger partial charge in [-0.05, 0) is 45.8 Å². The van der Waals surface area contributed by atoms with Crippen LogP contribution in [0.5, 0.6) is 0 Å². The minimum Gasteiger partial charge on any atom is -0.382 e. The van der Waals surface area contributed by atoms with Crippen LogP contribution < -0.4 is 0 Å². The van der Waals surface area contributed by atoms with Gasteiger partial charge in [-0.2, -0.15) is 13.2 Å². The van der Waals surface area contributed by atoms with E-state index in [1.165, 1.54) is 12.3 Å². The minimum absolute atomic E-state index is 0.0754. The van der Waals surface area contributed by atoms with Crippen molar-refractivity contribution in [3.63, 3.8) is 0 Å². The van der Waals surface area contributed by atoms with Gasteiger partial charge >= 0.3 is 6.18 Å². The Morgan fingerprint density at radius 3 is 2.40 bits per heavy atom. The molecule has 0 aliphatic rings. The molecule has 0 saturated carbocycles. The summed E-state index contributed by atoms with van der Waals surface area (Å²) in [5.74, 6) is -1.38. The smallest absolute Gasteiger partial charge is 0.382 e. The summed E-state index contributed by atoms with van der Waals surface area (Å²) in [5.41, 5.74) is -1.31. The zero-order valence-electron chi connectivity index (χ0n) is 9.83. The Morgan fingerprint density at radius 1 is 1.15 bits per heavy atom. The van der Waals surface area contributed by atoms with Gasteiger partial charge < -0.3 is 5.11 Å². The lowest BCUT2D eigenvalue weighted by atomic mass is 10.0.